The van der Waals surface area contributed by atoms with Gasteiger partial charge in [0.2, 0.25) is 11.8 Å². The van der Waals surface area contributed by atoms with Crippen molar-refractivity contribution in [3.8, 4) is 11.5 Å². The molecule has 0 radical (unpaired) electrons. The minimum Gasteiger partial charge on any atom is -0.493 e. The molecule has 2 aromatic rings. The zero-order valence-electron chi connectivity index (χ0n) is 16.5. The number of rotatable bonds is 6. The van der Waals surface area contributed by atoms with E-state index >= 15 is 0 Å². The quantitative estimate of drug-likeness (QED) is 0.717. The van der Waals surface area contributed by atoms with Crippen LogP contribution in [0.15, 0.2) is 36.4 Å². The number of carbonyl (C=O) groups excluding carboxylic acids is 2. The van der Waals surface area contributed by atoms with Gasteiger partial charge in [-0.2, -0.15) is 0 Å². The lowest BCUT2D eigenvalue weighted by molar-refractivity contribution is -0.114. The first kappa shape index (κ1) is 20.4. The monoisotopic (exact) mass is 398 g/mol. The molecule has 3 rings (SSSR count). The van der Waals surface area contributed by atoms with Crippen LogP contribution in [0.1, 0.15) is 31.9 Å². The number of amides is 2. The molecule has 7 heteroatoms. The predicted octanol–water partition coefficient (Wildman–Crippen LogP) is 4.16. The fourth-order valence-corrected chi connectivity index (χ4v) is 3.10. The molecule has 0 bridgehead atoms. The summed E-state index contributed by atoms with van der Waals surface area (Å²) < 4.78 is 25.2. The Morgan fingerprint density at radius 2 is 2.07 bits per heavy atom. The molecule has 2 N–H and O–H groups in total. The van der Waals surface area contributed by atoms with Gasteiger partial charge in [-0.05, 0) is 50.3 Å². The van der Waals surface area contributed by atoms with Crippen LogP contribution in [0.3, 0.4) is 0 Å². The molecule has 2 aromatic carbocycles. The Bertz CT molecular complexity index is 972. The van der Waals surface area contributed by atoms with E-state index in [1.54, 1.807) is 6.08 Å². The van der Waals surface area contributed by atoms with Gasteiger partial charge < -0.3 is 20.1 Å². The molecule has 0 aliphatic carbocycles. The maximum atomic E-state index is 13.7. The van der Waals surface area contributed by atoms with Crippen LogP contribution in [0.4, 0.5) is 15.8 Å². The molecule has 0 spiro atoms. The average Bonchev–Trinajstić information content (AvgIpc) is 3.01. The van der Waals surface area contributed by atoms with Crippen molar-refractivity contribution in [1.29, 1.82) is 0 Å². The molecular formula is C22H23FN2O4. The molecule has 1 heterocycles. The Hall–Kier alpha value is -3.35. The molecule has 0 aromatic heterocycles. The van der Waals surface area contributed by atoms with Gasteiger partial charge >= 0.3 is 0 Å². The third-order valence-corrected chi connectivity index (χ3v) is 4.29. The molecule has 152 valence electrons. The SMILES string of the molecule is CCOc1cc2c(cc1/C=C/C(=O)Nc1ccc(F)c(NC(C)=O)c1)OC(C)C2. The summed E-state index contributed by atoms with van der Waals surface area (Å²) in [6.45, 7) is 5.68. The van der Waals surface area contributed by atoms with Crippen molar-refractivity contribution >= 4 is 29.3 Å². The molecule has 1 unspecified atom stereocenters. The minimum absolute atomic E-state index is 0.00259. The zero-order valence-corrected chi connectivity index (χ0v) is 16.5. The summed E-state index contributed by atoms with van der Waals surface area (Å²) in [4.78, 5) is 23.5. The fraction of sp³-hybridized carbons (Fsp3) is 0.273. The van der Waals surface area contributed by atoms with E-state index in [1.165, 1.54) is 31.2 Å². The maximum Gasteiger partial charge on any atom is 0.248 e. The molecular weight excluding hydrogens is 375 g/mol. The first-order valence-electron chi connectivity index (χ1n) is 9.38. The second-order valence-electron chi connectivity index (χ2n) is 6.76. The summed E-state index contributed by atoms with van der Waals surface area (Å²) in [6, 6.07) is 7.76. The third kappa shape index (κ3) is 5.13. The van der Waals surface area contributed by atoms with Gasteiger partial charge in [-0.25, -0.2) is 4.39 Å². The smallest absolute Gasteiger partial charge is 0.248 e. The highest BCUT2D eigenvalue weighted by Crippen LogP contribution is 2.35. The topological polar surface area (TPSA) is 76.7 Å². The number of nitrogens with one attached hydrogen (secondary N) is 2. The van der Waals surface area contributed by atoms with Gasteiger partial charge in [-0.1, -0.05) is 0 Å². The summed E-state index contributed by atoms with van der Waals surface area (Å²) in [5, 5.41) is 5.03. The molecule has 29 heavy (non-hydrogen) atoms. The van der Waals surface area contributed by atoms with E-state index < -0.39 is 17.6 Å². The van der Waals surface area contributed by atoms with E-state index in [1.807, 2.05) is 26.0 Å². The van der Waals surface area contributed by atoms with Gasteiger partial charge in [-0.15, -0.1) is 0 Å². The molecule has 0 saturated carbocycles. The van der Waals surface area contributed by atoms with E-state index in [-0.39, 0.29) is 11.8 Å². The summed E-state index contributed by atoms with van der Waals surface area (Å²) >= 11 is 0. The van der Waals surface area contributed by atoms with Crippen molar-refractivity contribution in [1.82, 2.24) is 0 Å². The molecule has 0 fully saturated rings. The van der Waals surface area contributed by atoms with Crippen molar-refractivity contribution in [2.75, 3.05) is 17.2 Å². The Morgan fingerprint density at radius 3 is 2.79 bits per heavy atom. The van der Waals surface area contributed by atoms with Crippen molar-refractivity contribution in [2.24, 2.45) is 0 Å². The normalized spacial score (nSPS) is 15.0. The predicted molar refractivity (Wildman–Crippen MR) is 110 cm³/mol. The lowest BCUT2D eigenvalue weighted by Crippen LogP contribution is -2.11. The van der Waals surface area contributed by atoms with E-state index in [0.29, 0.717) is 18.0 Å². The average molecular weight is 398 g/mol. The number of carbonyl (C=O) groups is 2. The minimum atomic E-state index is -0.581. The van der Waals surface area contributed by atoms with Gasteiger partial charge in [-0.3, -0.25) is 9.59 Å². The van der Waals surface area contributed by atoms with E-state index in [0.717, 1.165) is 23.3 Å². The van der Waals surface area contributed by atoms with Crippen molar-refractivity contribution in [2.45, 2.75) is 33.3 Å². The molecule has 1 aliphatic heterocycles. The number of hydrogen-bond donors (Lipinski definition) is 2. The highest BCUT2D eigenvalue weighted by molar-refractivity contribution is 6.02. The van der Waals surface area contributed by atoms with Gasteiger partial charge in [0.05, 0.1) is 12.3 Å². The maximum absolute atomic E-state index is 13.7. The molecule has 1 aliphatic rings. The Balaban J connectivity index is 1.76. The summed E-state index contributed by atoms with van der Waals surface area (Å²) in [5.41, 5.74) is 2.18. The standard InChI is InChI=1S/C22H23FN2O4/c1-4-28-20-11-16-9-13(2)29-21(16)10-15(20)5-8-22(27)25-17-6-7-18(23)19(12-17)24-14(3)26/h5-8,10-13H,4,9H2,1-3H3,(H,24,26)(H,25,27)/b8-5+. The van der Waals surface area contributed by atoms with Crippen LogP contribution in [-0.4, -0.2) is 24.5 Å². The second-order valence-corrected chi connectivity index (χ2v) is 6.76. The van der Waals surface area contributed by atoms with Gasteiger partial charge in [0, 0.05) is 36.2 Å². The molecule has 2 amide bonds. The van der Waals surface area contributed by atoms with Crippen LogP contribution >= 0.6 is 0 Å². The lowest BCUT2D eigenvalue weighted by Gasteiger charge is -2.10. The molecule has 1 atom stereocenters. The fourth-order valence-electron chi connectivity index (χ4n) is 3.10. The van der Waals surface area contributed by atoms with Crippen molar-refractivity contribution < 1.29 is 23.5 Å². The van der Waals surface area contributed by atoms with Crippen LogP contribution in [0.2, 0.25) is 0 Å². The van der Waals surface area contributed by atoms with Crippen LogP contribution in [-0.2, 0) is 16.0 Å². The lowest BCUT2D eigenvalue weighted by atomic mass is 10.1. The number of anilines is 2. The Morgan fingerprint density at radius 1 is 1.28 bits per heavy atom. The van der Waals surface area contributed by atoms with Gasteiger partial charge in [0.15, 0.2) is 0 Å². The number of benzene rings is 2. The zero-order chi connectivity index (χ0) is 21.0. The second kappa shape index (κ2) is 8.77. The Labute approximate surface area is 168 Å². The van der Waals surface area contributed by atoms with Gasteiger partial charge in [0.25, 0.3) is 0 Å². The summed E-state index contributed by atoms with van der Waals surface area (Å²) in [5.74, 6) is 0.0937. The largest absolute Gasteiger partial charge is 0.493 e. The third-order valence-electron chi connectivity index (χ3n) is 4.29. The Kier molecular flexibility index (Phi) is 6.16. The van der Waals surface area contributed by atoms with Gasteiger partial charge in [0.1, 0.15) is 23.4 Å². The first-order chi connectivity index (χ1) is 13.9. The van der Waals surface area contributed by atoms with Crippen molar-refractivity contribution in [3.63, 3.8) is 0 Å². The van der Waals surface area contributed by atoms with Crippen LogP contribution in [0.5, 0.6) is 11.5 Å². The van der Waals surface area contributed by atoms with Crippen LogP contribution in [0, 0.1) is 5.82 Å². The van der Waals surface area contributed by atoms with Crippen molar-refractivity contribution in [3.05, 3.63) is 53.4 Å². The summed E-state index contributed by atoms with van der Waals surface area (Å²) in [6.07, 6.45) is 3.94. The van der Waals surface area contributed by atoms with E-state index in [9.17, 15) is 14.0 Å². The first-order valence-corrected chi connectivity index (χ1v) is 9.38. The molecule has 0 saturated heterocycles. The van der Waals surface area contributed by atoms with E-state index in [4.69, 9.17) is 9.47 Å². The number of ether oxygens (including phenoxy) is 2. The summed E-state index contributed by atoms with van der Waals surface area (Å²) in [7, 11) is 0. The highest BCUT2D eigenvalue weighted by atomic mass is 19.1. The van der Waals surface area contributed by atoms with E-state index in [2.05, 4.69) is 10.6 Å². The molecule has 6 nitrogen and oxygen atoms in total. The van der Waals surface area contributed by atoms with Crippen LogP contribution in [0.25, 0.3) is 6.08 Å². The number of hydrogen-bond acceptors (Lipinski definition) is 4. The number of halogens is 1. The number of fused-ring (bicyclic) bond motifs is 1. The highest BCUT2D eigenvalue weighted by Gasteiger charge is 2.21. The van der Waals surface area contributed by atoms with Crippen LogP contribution < -0.4 is 20.1 Å².